The van der Waals surface area contributed by atoms with Crippen LogP contribution in [0.3, 0.4) is 0 Å². The molecule has 0 radical (unpaired) electrons. The van der Waals surface area contributed by atoms with Crippen LogP contribution < -0.4 is 5.73 Å². The Morgan fingerprint density at radius 2 is 1.75 bits per heavy atom. The average molecular weight is 272 g/mol. The maximum atomic E-state index is 11.7. The molecule has 3 heteroatoms. The monoisotopic (exact) mass is 272 g/mol. The van der Waals surface area contributed by atoms with Gasteiger partial charge >= 0.3 is 0 Å². The van der Waals surface area contributed by atoms with E-state index in [4.69, 9.17) is 5.73 Å². The minimum Gasteiger partial charge on any atom is -0.366 e. The van der Waals surface area contributed by atoms with Crippen LogP contribution in [0.2, 0.25) is 0 Å². The highest BCUT2D eigenvalue weighted by molar-refractivity contribution is 5.94. The zero-order valence-corrected chi connectivity index (χ0v) is 12.1. The van der Waals surface area contributed by atoms with Crippen molar-refractivity contribution in [2.45, 2.75) is 50.5 Å². The molecule has 0 aromatic heterocycles. The van der Waals surface area contributed by atoms with Gasteiger partial charge in [0.1, 0.15) is 0 Å². The van der Waals surface area contributed by atoms with Gasteiger partial charge in [-0.15, -0.1) is 0 Å². The van der Waals surface area contributed by atoms with E-state index in [1.807, 2.05) is 18.2 Å². The lowest BCUT2D eigenvalue weighted by molar-refractivity contribution is 0.0996. The maximum Gasteiger partial charge on any atom is 0.248 e. The molecule has 0 bridgehead atoms. The molecule has 1 saturated carbocycles. The first-order chi connectivity index (χ1) is 9.77. The molecular weight excluding hydrogens is 248 g/mol. The molecule has 2 N–H and O–H groups in total. The summed E-state index contributed by atoms with van der Waals surface area (Å²) >= 11 is 0. The SMILES string of the molecule is NC(=O)c1ccccc1C1CCCCC1N1CCCC1. The number of rotatable bonds is 3. The summed E-state index contributed by atoms with van der Waals surface area (Å²) in [5.41, 5.74) is 7.47. The number of hydrogen-bond acceptors (Lipinski definition) is 2. The third kappa shape index (κ3) is 2.59. The highest BCUT2D eigenvalue weighted by Crippen LogP contribution is 2.38. The third-order valence-electron chi connectivity index (χ3n) is 4.96. The average Bonchev–Trinajstić information content (AvgIpc) is 3.01. The second-order valence-electron chi connectivity index (χ2n) is 6.15. The van der Waals surface area contributed by atoms with Gasteiger partial charge in [-0.3, -0.25) is 9.69 Å². The summed E-state index contributed by atoms with van der Waals surface area (Å²) in [6.07, 6.45) is 7.67. The summed E-state index contributed by atoms with van der Waals surface area (Å²) in [6.45, 7) is 2.44. The number of hydrogen-bond donors (Lipinski definition) is 1. The van der Waals surface area contributed by atoms with Crippen molar-refractivity contribution < 1.29 is 4.79 Å². The number of amides is 1. The Balaban J connectivity index is 1.91. The molecule has 2 unspecified atom stereocenters. The van der Waals surface area contributed by atoms with Crippen molar-refractivity contribution >= 4 is 5.91 Å². The number of carbonyl (C=O) groups excluding carboxylic acids is 1. The molecule has 1 aliphatic heterocycles. The van der Waals surface area contributed by atoms with E-state index in [2.05, 4.69) is 11.0 Å². The predicted molar refractivity (Wildman–Crippen MR) is 80.8 cm³/mol. The fraction of sp³-hybridized carbons (Fsp3) is 0.588. The molecule has 20 heavy (non-hydrogen) atoms. The second kappa shape index (κ2) is 5.96. The van der Waals surface area contributed by atoms with Crippen LogP contribution in [0.1, 0.15) is 60.4 Å². The van der Waals surface area contributed by atoms with E-state index in [1.54, 1.807) is 0 Å². The van der Waals surface area contributed by atoms with Gasteiger partial charge < -0.3 is 5.73 Å². The predicted octanol–water partition coefficient (Wildman–Crippen LogP) is 2.91. The molecule has 1 amide bonds. The Bertz CT molecular complexity index is 480. The molecule has 2 aliphatic rings. The van der Waals surface area contributed by atoms with Crippen LogP contribution in [0.4, 0.5) is 0 Å². The fourth-order valence-corrected chi connectivity index (χ4v) is 4.03. The van der Waals surface area contributed by atoms with Crippen LogP contribution >= 0.6 is 0 Å². The van der Waals surface area contributed by atoms with Gasteiger partial charge in [0.2, 0.25) is 5.91 Å². The van der Waals surface area contributed by atoms with Crippen LogP contribution in [0.25, 0.3) is 0 Å². The summed E-state index contributed by atoms with van der Waals surface area (Å²) in [6, 6.07) is 8.55. The maximum absolute atomic E-state index is 11.7. The molecule has 1 aliphatic carbocycles. The standard InChI is InChI=1S/C17H24N2O/c18-17(20)15-9-2-1-7-13(15)14-8-3-4-10-16(14)19-11-5-6-12-19/h1-2,7,9,14,16H,3-6,8,10-12H2,(H2,18,20). The van der Waals surface area contributed by atoms with E-state index in [1.165, 1.54) is 57.2 Å². The Morgan fingerprint density at radius 1 is 1.05 bits per heavy atom. The highest BCUT2D eigenvalue weighted by Gasteiger charge is 2.33. The van der Waals surface area contributed by atoms with Gasteiger partial charge in [0.05, 0.1) is 0 Å². The number of nitrogens with zero attached hydrogens (tertiary/aromatic N) is 1. The zero-order chi connectivity index (χ0) is 13.9. The molecule has 1 heterocycles. The minimum atomic E-state index is -0.286. The fourth-order valence-electron chi connectivity index (χ4n) is 4.03. The number of likely N-dealkylation sites (tertiary alicyclic amines) is 1. The van der Waals surface area contributed by atoms with Crippen molar-refractivity contribution in [1.82, 2.24) is 4.90 Å². The molecule has 1 aromatic carbocycles. The van der Waals surface area contributed by atoms with E-state index < -0.39 is 0 Å². The summed E-state index contributed by atoms with van der Waals surface area (Å²) in [7, 11) is 0. The molecule has 1 aromatic rings. The largest absolute Gasteiger partial charge is 0.366 e. The Hall–Kier alpha value is -1.35. The Labute approximate surface area is 121 Å². The number of benzene rings is 1. The molecule has 108 valence electrons. The number of nitrogens with two attached hydrogens (primary N) is 1. The first kappa shape index (κ1) is 13.6. The van der Waals surface area contributed by atoms with Crippen molar-refractivity contribution in [1.29, 1.82) is 0 Å². The second-order valence-corrected chi connectivity index (χ2v) is 6.15. The zero-order valence-electron chi connectivity index (χ0n) is 12.1. The Morgan fingerprint density at radius 3 is 2.50 bits per heavy atom. The van der Waals surface area contributed by atoms with Crippen LogP contribution in [-0.2, 0) is 0 Å². The molecule has 2 atom stereocenters. The van der Waals surface area contributed by atoms with Gasteiger partial charge in [0.15, 0.2) is 0 Å². The molecule has 2 fully saturated rings. The van der Waals surface area contributed by atoms with Gasteiger partial charge in [0.25, 0.3) is 0 Å². The minimum absolute atomic E-state index is 0.286. The Kier molecular flexibility index (Phi) is 4.06. The third-order valence-corrected chi connectivity index (χ3v) is 4.96. The molecule has 3 rings (SSSR count). The highest BCUT2D eigenvalue weighted by atomic mass is 16.1. The van der Waals surface area contributed by atoms with Crippen LogP contribution in [0.15, 0.2) is 24.3 Å². The van der Waals surface area contributed by atoms with Gasteiger partial charge in [-0.1, -0.05) is 31.0 Å². The molecule has 3 nitrogen and oxygen atoms in total. The molecule has 0 spiro atoms. The van der Waals surface area contributed by atoms with Crippen LogP contribution in [-0.4, -0.2) is 29.9 Å². The van der Waals surface area contributed by atoms with Crippen molar-refractivity contribution in [2.24, 2.45) is 5.73 Å². The topological polar surface area (TPSA) is 46.3 Å². The smallest absolute Gasteiger partial charge is 0.248 e. The quantitative estimate of drug-likeness (QED) is 0.919. The van der Waals surface area contributed by atoms with Gasteiger partial charge in [-0.05, 0) is 50.4 Å². The van der Waals surface area contributed by atoms with Gasteiger partial charge in [-0.2, -0.15) is 0 Å². The summed E-state index contributed by atoms with van der Waals surface area (Å²) in [5, 5.41) is 0. The summed E-state index contributed by atoms with van der Waals surface area (Å²) in [5.74, 6) is 0.192. The van der Waals surface area contributed by atoms with Gasteiger partial charge in [-0.25, -0.2) is 0 Å². The van der Waals surface area contributed by atoms with E-state index >= 15 is 0 Å². The van der Waals surface area contributed by atoms with Crippen LogP contribution in [0, 0.1) is 0 Å². The first-order valence-electron chi connectivity index (χ1n) is 7.90. The van der Waals surface area contributed by atoms with E-state index in [0.717, 1.165) is 5.56 Å². The van der Waals surface area contributed by atoms with Gasteiger partial charge in [0, 0.05) is 17.5 Å². The first-order valence-corrected chi connectivity index (χ1v) is 7.90. The van der Waals surface area contributed by atoms with Crippen molar-refractivity contribution in [2.75, 3.05) is 13.1 Å². The van der Waals surface area contributed by atoms with Crippen molar-refractivity contribution in [3.05, 3.63) is 35.4 Å². The lowest BCUT2D eigenvalue weighted by Gasteiger charge is -2.38. The number of primary amides is 1. The van der Waals surface area contributed by atoms with E-state index in [9.17, 15) is 4.79 Å². The normalized spacial score (nSPS) is 27.6. The van der Waals surface area contributed by atoms with E-state index in [0.29, 0.717) is 12.0 Å². The number of carbonyl (C=O) groups is 1. The summed E-state index contributed by atoms with van der Waals surface area (Å²) in [4.78, 5) is 14.3. The summed E-state index contributed by atoms with van der Waals surface area (Å²) < 4.78 is 0. The molecular formula is C17H24N2O. The van der Waals surface area contributed by atoms with Crippen LogP contribution in [0.5, 0.6) is 0 Å². The molecule has 1 saturated heterocycles. The lowest BCUT2D eigenvalue weighted by atomic mass is 9.77. The van der Waals surface area contributed by atoms with E-state index in [-0.39, 0.29) is 5.91 Å². The van der Waals surface area contributed by atoms with Crippen molar-refractivity contribution in [3.63, 3.8) is 0 Å². The van der Waals surface area contributed by atoms with Crippen molar-refractivity contribution in [3.8, 4) is 0 Å². The lowest BCUT2D eigenvalue weighted by Crippen LogP contribution is -2.40.